The van der Waals surface area contributed by atoms with E-state index in [1.54, 1.807) is 41.3 Å². The molecule has 0 saturated carbocycles. The Morgan fingerprint density at radius 2 is 1.58 bits per heavy atom. The highest BCUT2D eigenvalue weighted by molar-refractivity contribution is 5.91. The average molecular weight is 514 g/mol. The van der Waals surface area contributed by atoms with Crippen molar-refractivity contribution < 1.29 is 29.3 Å². The lowest BCUT2D eigenvalue weighted by Crippen LogP contribution is -2.36. The largest absolute Gasteiger partial charge is 0.507 e. The van der Waals surface area contributed by atoms with Crippen LogP contribution >= 0.6 is 0 Å². The third-order valence-corrected chi connectivity index (χ3v) is 7.05. The van der Waals surface area contributed by atoms with Crippen molar-refractivity contribution in [3.8, 4) is 22.8 Å². The number of benzene rings is 3. The summed E-state index contributed by atoms with van der Waals surface area (Å²) in [5.74, 6) is -2.51. The van der Waals surface area contributed by atoms with Crippen LogP contribution < -0.4 is 5.43 Å². The molecule has 0 radical (unpaired) electrons. The third kappa shape index (κ3) is 4.85. The molecule has 8 nitrogen and oxygen atoms in total. The lowest BCUT2D eigenvalue weighted by atomic mass is 9.85. The summed E-state index contributed by atoms with van der Waals surface area (Å²) >= 11 is 0. The molecule has 194 valence electrons. The van der Waals surface area contributed by atoms with Gasteiger partial charge in [0.15, 0.2) is 5.43 Å². The van der Waals surface area contributed by atoms with Gasteiger partial charge in [0.25, 0.3) is 0 Å². The number of carboxylic acid groups (broad SMARTS) is 1. The van der Waals surface area contributed by atoms with Gasteiger partial charge in [-0.15, -0.1) is 0 Å². The van der Waals surface area contributed by atoms with E-state index >= 15 is 0 Å². The second-order valence-corrected chi connectivity index (χ2v) is 9.50. The number of phenols is 2. The molecule has 0 bridgehead atoms. The van der Waals surface area contributed by atoms with Crippen LogP contribution in [0.3, 0.4) is 0 Å². The molecule has 0 unspecified atom stereocenters. The zero-order valence-corrected chi connectivity index (χ0v) is 20.6. The average Bonchev–Trinajstić information content (AvgIpc) is 2.93. The Balaban J connectivity index is 1.71. The van der Waals surface area contributed by atoms with Gasteiger partial charge in [-0.1, -0.05) is 42.5 Å². The predicted octanol–water partition coefficient (Wildman–Crippen LogP) is 5.10. The van der Waals surface area contributed by atoms with Crippen molar-refractivity contribution in [2.24, 2.45) is 0 Å². The number of piperidine rings is 1. The molecule has 1 amide bonds. The number of nitrogens with zero attached hydrogens (tertiary/aromatic N) is 1. The summed E-state index contributed by atoms with van der Waals surface area (Å²) in [6, 6.07) is 17.4. The summed E-state index contributed by atoms with van der Waals surface area (Å²) in [6.45, 7) is 1.28. The van der Waals surface area contributed by atoms with Crippen LogP contribution in [0.25, 0.3) is 22.3 Å². The fourth-order valence-electron chi connectivity index (χ4n) is 5.09. The van der Waals surface area contributed by atoms with Crippen LogP contribution in [-0.2, 0) is 4.79 Å². The van der Waals surface area contributed by atoms with Gasteiger partial charge < -0.3 is 24.6 Å². The number of hydrogen-bond acceptors (Lipinski definition) is 6. The quantitative estimate of drug-likeness (QED) is 0.327. The van der Waals surface area contributed by atoms with Crippen molar-refractivity contribution in [3.63, 3.8) is 0 Å². The van der Waals surface area contributed by atoms with E-state index in [4.69, 9.17) is 4.42 Å². The number of carbonyl (C=O) groups excluding carboxylic acids is 1. The SMILES string of the molecule is O=C(O)c1ccc([C@H](CC(=O)N2CCCCC2)c2c(O)cc(O)c3c(=O)cc(-c4ccccc4)oc23)cc1. The molecule has 2 heterocycles. The molecular weight excluding hydrogens is 486 g/mol. The molecule has 1 aromatic heterocycles. The number of amides is 1. The Hall–Kier alpha value is -4.59. The lowest BCUT2D eigenvalue weighted by molar-refractivity contribution is -0.132. The Labute approximate surface area is 218 Å². The Morgan fingerprint density at radius 1 is 0.895 bits per heavy atom. The Kier molecular flexibility index (Phi) is 6.87. The summed E-state index contributed by atoms with van der Waals surface area (Å²) in [5, 5.41) is 30.9. The second kappa shape index (κ2) is 10.4. The predicted molar refractivity (Wildman–Crippen MR) is 142 cm³/mol. The molecule has 3 aromatic carbocycles. The van der Waals surface area contributed by atoms with E-state index in [2.05, 4.69) is 0 Å². The number of fused-ring (bicyclic) bond motifs is 1. The summed E-state index contributed by atoms with van der Waals surface area (Å²) in [6.07, 6.45) is 2.83. The van der Waals surface area contributed by atoms with Gasteiger partial charge in [0.05, 0.1) is 5.56 Å². The van der Waals surface area contributed by atoms with Gasteiger partial charge in [0, 0.05) is 48.7 Å². The third-order valence-electron chi connectivity index (χ3n) is 7.05. The Bertz CT molecular complexity index is 1550. The van der Waals surface area contributed by atoms with Crippen molar-refractivity contribution in [2.45, 2.75) is 31.6 Å². The maximum absolute atomic E-state index is 13.4. The molecule has 1 saturated heterocycles. The van der Waals surface area contributed by atoms with Gasteiger partial charge in [-0.3, -0.25) is 9.59 Å². The monoisotopic (exact) mass is 513 g/mol. The highest BCUT2D eigenvalue weighted by Crippen LogP contribution is 2.43. The van der Waals surface area contributed by atoms with Crippen molar-refractivity contribution in [3.05, 3.63) is 93.6 Å². The topological polar surface area (TPSA) is 128 Å². The second-order valence-electron chi connectivity index (χ2n) is 9.50. The molecule has 1 atom stereocenters. The van der Waals surface area contributed by atoms with Gasteiger partial charge >= 0.3 is 5.97 Å². The molecule has 5 rings (SSSR count). The van der Waals surface area contributed by atoms with E-state index < -0.39 is 23.1 Å². The summed E-state index contributed by atoms with van der Waals surface area (Å²) in [7, 11) is 0. The molecule has 4 aromatic rings. The van der Waals surface area contributed by atoms with Crippen LogP contribution in [0, 0.1) is 0 Å². The van der Waals surface area contributed by atoms with Gasteiger partial charge in [0.1, 0.15) is 28.2 Å². The van der Waals surface area contributed by atoms with E-state index in [-0.39, 0.29) is 45.9 Å². The number of rotatable bonds is 6. The van der Waals surface area contributed by atoms with Crippen molar-refractivity contribution in [1.29, 1.82) is 0 Å². The lowest BCUT2D eigenvalue weighted by Gasteiger charge is -2.29. The van der Waals surface area contributed by atoms with E-state index in [9.17, 15) is 29.7 Å². The summed E-state index contributed by atoms with van der Waals surface area (Å²) in [4.78, 5) is 39.8. The number of likely N-dealkylation sites (tertiary alicyclic amines) is 1. The number of carbonyl (C=O) groups is 2. The molecule has 0 aliphatic carbocycles. The highest BCUT2D eigenvalue weighted by atomic mass is 16.4. The molecule has 1 aliphatic heterocycles. The summed E-state index contributed by atoms with van der Waals surface area (Å²) < 4.78 is 6.17. The molecule has 3 N–H and O–H groups in total. The fraction of sp³-hybridized carbons (Fsp3) is 0.233. The molecular formula is C30H27NO7. The van der Waals surface area contributed by atoms with E-state index in [0.29, 0.717) is 24.2 Å². The minimum Gasteiger partial charge on any atom is -0.507 e. The highest BCUT2D eigenvalue weighted by Gasteiger charge is 2.30. The van der Waals surface area contributed by atoms with Crippen molar-refractivity contribution in [2.75, 3.05) is 13.1 Å². The normalized spacial score (nSPS) is 14.4. The van der Waals surface area contributed by atoms with Crippen LogP contribution in [0.1, 0.15) is 53.1 Å². The summed E-state index contributed by atoms with van der Waals surface area (Å²) in [5.41, 5.74) is 0.940. The van der Waals surface area contributed by atoms with Crippen LogP contribution in [0.5, 0.6) is 11.5 Å². The first kappa shape index (κ1) is 25.1. The van der Waals surface area contributed by atoms with E-state index in [0.717, 1.165) is 25.3 Å². The van der Waals surface area contributed by atoms with Crippen molar-refractivity contribution >= 4 is 22.8 Å². The minimum atomic E-state index is -1.09. The number of aromatic hydroxyl groups is 2. The number of aromatic carboxylic acids is 1. The van der Waals surface area contributed by atoms with Gasteiger partial charge in [-0.25, -0.2) is 4.79 Å². The minimum absolute atomic E-state index is 0.0207. The maximum atomic E-state index is 13.4. The first-order chi connectivity index (χ1) is 18.3. The van der Waals surface area contributed by atoms with Gasteiger partial charge in [-0.05, 0) is 37.0 Å². The smallest absolute Gasteiger partial charge is 0.335 e. The van der Waals surface area contributed by atoms with Crippen LogP contribution in [0.15, 0.2) is 75.9 Å². The Morgan fingerprint density at radius 3 is 2.24 bits per heavy atom. The molecule has 8 heteroatoms. The fourth-order valence-corrected chi connectivity index (χ4v) is 5.09. The maximum Gasteiger partial charge on any atom is 0.335 e. The first-order valence-corrected chi connectivity index (χ1v) is 12.5. The molecule has 1 aliphatic rings. The van der Waals surface area contributed by atoms with Crippen LogP contribution in [0.2, 0.25) is 0 Å². The van der Waals surface area contributed by atoms with Gasteiger partial charge in [-0.2, -0.15) is 0 Å². The number of hydrogen-bond donors (Lipinski definition) is 3. The van der Waals surface area contributed by atoms with Gasteiger partial charge in [0.2, 0.25) is 5.91 Å². The zero-order chi connectivity index (χ0) is 26.8. The van der Waals surface area contributed by atoms with Crippen LogP contribution in [-0.4, -0.2) is 45.2 Å². The molecule has 38 heavy (non-hydrogen) atoms. The van der Waals surface area contributed by atoms with Crippen molar-refractivity contribution in [1.82, 2.24) is 4.90 Å². The van der Waals surface area contributed by atoms with E-state index in [1.165, 1.54) is 18.2 Å². The molecule has 1 fully saturated rings. The zero-order valence-electron chi connectivity index (χ0n) is 20.6. The number of carboxylic acids is 1. The van der Waals surface area contributed by atoms with Crippen LogP contribution in [0.4, 0.5) is 0 Å². The van der Waals surface area contributed by atoms with E-state index in [1.807, 2.05) is 6.07 Å². The molecule has 0 spiro atoms. The standard InChI is InChI=1S/C30H27NO7/c32-22-16-23(33)28-24(34)17-25(19-7-3-1-4-8-19)38-29(28)27(22)21(15-26(35)31-13-5-2-6-14-31)18-9-11-20(12-10-18)30(36)37/h1,3-4,7-12,16-17,21,32-33H,2,5-6,13-15H2,(H,36,37)/t21-/m0/s1. The first-order valence-electron chi connectivity index (χ1n) is 12.5. The number of phenolic OH excluding ortho intramolecular Hbond substituents is 2.